The molecule has 62 valence electrons. The van der Waals surface area contributed by atoms with E-state index in [2.05, 4.69) is 18.8 Å². The maximum absolute atomic E-state index is 11.1. The second-order valence-corrected chi connectivity index (χ2v) is 3.16. The summed E-state index contributed by atoms with van der Waals surface area (Å²) < 4.78 is 1.71. The average molecular weight is 154 g/mol. The van der Waals surface area contributed by atoms with Crippen LogP contribution in [0.4, 0.5) is 0 Å². The Balaban J connectivity index is 2.93. The van der Waals surface area contributed by atoms with Crippen LogP contribution in [0.2, 0.25) is 0 Å². The van der Waals surface area contributed by atoms with E-state index in [1.165, 1.54) is 0 Å². The van der Waals surface area contributed by atoms with Gasteiger partial charge in [-0.05, 0) is 12.8 Å². The van der Waals surface area contributed by atoms with Gasteiger partial charge in [-0.1, -0.05) is 13.8 Å². The zero-order valence-corrected chi connectivity index (χ0v) is 7.16. The Bertz CT molecular complexity index is 272. The Labute approximate surface area is 66.1 Å². The van der Waals surface area contributed by atoms with E-state index in [1.54, 1.807) is 17.0 Å². The zero-order valence-electron chi connectivity index (χ0n) is 7.16. The maximum atomic E-state index is 11.1. The highest BCUT2D eigenvalue weighted by molar-refractivity contribution is 4.80. The van der Waals surface area contributed by atoms with Crippen molar-refractivity contribution >= 4 is 0 Å². The molecule has 1 atom stereocenters. The molecule has 0 fully saturated rings. The molecule has 11 heavy (non-hydrogen) atoms. The highest BCUT2D eigenvalue weighted by Crippen LogP contribution is 2.13. The van der Waals surface area contributed by atoms with Crippen LogP contribution in [0, 0.1) is 5.92 Å². The summed E-state index contributed by atoms with van der Waals surface area (Å²) >= 11 is 0. The number of nitrogens with one attached hydrogen (secondary N) is 1. The fourth-order valence-electron chi connectivity index (χ4n) is 0.973. The van der Waals surface area contributed by atoms with Crippen LogP contribution < -0.4 is 5.69 Å². The van der Waals surface area contributed by atoms with E-state index >= 15 is 0 Å². The number of aromatic amines is 1. The third-order valence-electron chi connectivity index (χ3n) is 2.08. The summed E-state index contributed by atoms with van der Waals surface area (Å²) in [5, 5.41) is 0. The van der Waals surface area contributed by atoms with E-state index in [9.17, 15) is 4.79 Å². The van der Waals surface area contributed by atoms with Crippen LogP contribution >= 0.6 is 0 Å². The van der Waals surface area contributed by atoms with Crippen LogP contribution in [-0.2, 0) is 0 Å². The molecule has 1 aromatic rings. The number of nitrogens with zero attached hydrogens (tertiary/aromatic N) is 1. The predicted octanol–water partition coefficient (Wildman–Crippen LogP) is 1.39. The molecule has 1 heterocycles. The van der Waals surface area contributed by atoms with Crippen molar-refractivity contribution in [1.29, 1.82) is 0 Å². The van der Waals surface area contributed by atoms with Gasteiger partial charge in [0.2, 0.25) is 0 Å². The molecule has 0 radical (unpaired) electrons. The van der Waals surface area contributed by atoms with Crippen LogP contribution in [0.5, 0.6) is 0 Å². The largest absolute Gasteiger partial charge is 0.325 e. The second-order valence-electron chi connectivity index (χ2n) is 3.16. The van der Waals surface area contributed by atoms with E-state index in [-0.39, 0.29) is 11.7 Å². The molecule has 0 amide bonds. The Morgan fingerprint density at radius 1 is 1.45 bits per heavy atom. The monoisotopic (exact) mass is 154 g/mol. The highest BCUT2D eigenvalue weighted by Gasteiger charge is 2.09. The third kappa shape index (κ3) is 1.53. The average Bonchev–Trinajstić information content (AvgIpc) is 2.33. The molecule has 0 aliphatic carbocycles. The maximum Gasteiger partial charge on any atom is 0.325 e. The summed E-state index contributed by atoms with van der Waals surface area (Å²) in [6.07, 6.45) is 3.45. The Morgan fingerprint density at radius 2 is 2.09 bits per heavy atom. The van der Waals surface area contributed by atoms with Gasteiger partial charge in [0, 0.05) is 18.4 Å². The predicted molar refractivity (Wildman–Crippen MR) is 44.6 cm³/mol. The molecule has 0 aromatic carbocycles. The number of imidazole rings is 1. The molecule has 3 heteroatoms. The number of hydrogen-bond acceptors (Lipinski definition) is 1. The molecule has 0 aliphatic heterocycles. The second kappa shape index (κ2) is 2.95. The van der Waals surface area contributed by atoms with Gasteiger partial charge in [0.15, 0.2) is 0 Å². The van der Waals surface area contributed by atoms with Crippen LogP contribution in [0.15, 0.2) is 17.2 Å². The van der Waals surface area contributed by atoms with Crippen molar-refractivity contribution in [2.45, 2.75) is 26.8 Å². The first-order valence-electron chi connectivity index (χ1n) is 3.88. The fraction of sp³-hybridized carbons (Fsp3) is 0.625. The summed E-state index contributed by atoms with van der Waals surface area (Å²) in [5.74, 6) is 0.489. The lowest BCUT2D eigenvalue weighted by molar-refractivity contribution is 0.399. The molecule has 3 nitrogen and oxygen atoms in total. The zero-order chi connectivity index (χ0) is 8.43. The van der Waals surface area contributed by atoms with Crippen molar-refractivity contribution < 1.29 is 0 Å². The van der Waals surface area contributed by atoms with Crippen molar-refractivity contribution in [2.75, 3.05) is 0 Å². The molecule has 1 rings (SSSR count). The van der Waals surface area contributed by atoms with Crippen LogP contribution in [0.3, 0.4) is 0 Å². The van der Waals surface area contributed by atoms with Gasteiger partial charge in [-0.25, -0.2) is 4.79 Å². The quantitative estimate of drug-likeness (QED) is 0.686. The molecule has 0 aliphatic rings. The highest BCUT2D eigenvalue weighted by atomic mass is 16.1. The first-order valence-corrected chi connectivity index (χ1v) is 3.88. The molecule has 0 spiro atoms. The van der Waals surface area contributed by atoms with Gasteiger partial charge in [0.25, 0.3) is 0 Å². The lowest BCUT2D eigenvalue weighted by atomic mass is 10.1. The van der Waals surface area contributed by atoms with Crippen LogP contribution in [0.25, 0.3) is 0 Å². The third-order valence-corrected chi connectivity index (χ3v) is 2.08. The Kier molecular flexibility index (Phi) is 2.17. The summed E-state index contributed by atoms with van der Waals surface area (Å²) in [6.45, 7) is 6.24. The summed E-state index contributed by atoms with van der Waals surface area (Å²) in [4.78, 5) is 13.7. The number of aromatic nitrogens is 2. The van der Waals surface area contributed by atoms with Crippen molar-refractivity contribution in [3.63, 3.8) is 0 Å². The van der Waals surface area contributed by atoms with Crippen molar-refractivity contribution in [3.05, 3.63) is 22.9 Å². The van der Waals surface area contributed by atoms with E-state index in [4.69, 9.17) is 0 Å². The Morgan fingerprint density at radius 3 is 2.45 bits per heavy atom. The topological polar surface area (TPSA) is 37.8 Å². The molecule has 0 saturated heterocycles. The fourth-order valence-corrected chi connectivity index (χ4v) is 0.973. The summed E-state index contributed by atoms with van der Waals surface area (Å²) in [5.41, 5.74) is -0.0220. The lowest BCUT2D eigenvalue weighted by Gasteiger charge is -2.15. The first kappa shape index (κ1) is 8.11. The minimum Gasteiger partial charge on any atom is -0.313 e. The van der Waals surface area contributed by atoms with Gasteiger partial charge in [-0.3, -0.25) is 4.57 Å². The van der Waals surface area contributed by atoms with Crippen molar-refractivity contribution in [1.82, 2.24) is 9.55 Å². The van der Waals surface area contributed by atoms with Gasteiger partial charge >= 0.3 is 5.69 Å². The van der Waals surface area contributed by atoms with Gasteiger partial charge in [-0.2, -0.15) is 0 Å². The van der Waals surface area contributed by atoms with Crippen LogP contribution in [-0.4, -0.2) is 9.55 Å². The molecule has 0 saturated carbocycles. The molecule has 0 bridgehead atoms. The van der Waals surface area contributed by atoms with Crippen LogP contribution in [0.1, 0.15) is 26.8 Å². The molecule has 1 N–H and O–H groups in total. The van der Waals surface area contributed by atoms with Gasteiger partial charge in [0.05, 0.1) is 0 Å². The van der Waals surface area contributed by atoms with E-state index < -0.39 is 0 Å². The standard InChI is InChI=1S/C8H14N2O/c1-6(2)7(3)10-5-4-9-8(10)11/h4-7H,1-3H3,(H,9,11). The lowest BCUT2D eigenvalue weighted by Crippen LogP contribution is -2.22. The van der Waals surface area contributed by atoms with Gasteiger partial charge < -0.3 is 4.98 Å². The van der Waals surface area contributed by atoms with Gasteiger partial charge in [-0.15, -0.1) is 0 Å². The SMILES string of the molecule is CC(C)C(C)n1cc[nH]c1=O. The number of rotatable bonds is 2. The van der Waals surface area contributed by atoms with Gasteiger partial charge in [0.1, 0.15) is 0 Å². The van der Waals surface area contributed by atoms with Crippen molar-refractivity contribution in [3.8, 4) is 0 Å². The van der Waals surface area contributed by atoms with Crippen molar-refractivity contribution in [2.24, 2.45) is 5.92 Å². The number of H-pyrrole nitrogens is 1. The Hall–Kier alpha value is -0.990. The normalized spacial score (nSPS) is 13.8. The molecular weight excluding hydrogens is 140 g/mol. The first-order chi connectivity index (χ1) is 5.13. The summed E-state index contributed by atoms with van der Waals surface area (Å²) in [6, 6.07) is 0.272. The molecule has 1 aromatic heterocycles. The molecule has 1 unspecified atom stereocenters. The molecular formula is C8H14N2O. The number of hydrogen-bond donors (Lipinski definition) is 1. The van der Waals surface area contributed by atoms with E-state index in [1.807, 2.05) is 6.92 Å². The minimum atomic E-state index is -0.0220. The van der Waals surface area contributed by atoms with E-state index in [0.29, 0.717) is 5.92 Å². The smallest absolute Gasteiger partial charge is 0.313 e. The minimum absolute atomic E-state index is 0.0220. The van der Waals surface area contributed by atoms with E-state index in [0.717, 1.165) is 0 Å². The summed E-state index contributed by atoms with van der Waals surface area (Å²) in [7, 11) is 0.